The molecule has 1 heterocycles. The first-order chi connectivity index (χ1) is 13.2. The summed E-state index contributed by atoms with van der Waals surface area (Å²) in [6, 6.07) is 4.89. The van der Waals surface area contributed by atoms with E-state index in [-0.39, 0.29) is 5.91 Å². The van der Waals surface area contributed by atoms with Crippen molar-refractivity contribution in [2.75, 3.05) is 5.32 Å². The topological polar surface area (TPSA) is 46.9 Å². The van der Waals surface area contributed by atoms with Crippen molar-refractivity contribution in [2.45, 2.75) is 69.1 Å². The lowest BCUT2D eigenvalue weighted by Crippen LogP contribution is -2.23. The van der Waals surface area contributed by atoms with Gasteiger partial charge in [-0.05, 0) is 57.9 Å². The maximum Gasteiger partial charge on any atom is 0.416 e. The Hall–Kier alpha value is -1.96. The van der Waals surface area contributed by atoms with Crippen molar-refractivity contribution >= 4 is 23.4 Å². The number of amides is 1. The van der Waals surface area contributed by atoms with Gasteiger partial charge in [0.2, 0.25) is 5.91 Å². The molecule has 1 fully saturated rings. The maximum atomic E-state index is 12.7. The highest BCUT2D eigenvalue weighted by molar-refractivity contribution is 8.00. The number of benzene rings is 1. The summed E-state index contributed by atoms with van der Waals surface area (Å²) in [6.45, 7) is 5.80. The summed E-state index contributed by atoms with van der Waals surface area (Å²) in [6.07, 6.45) is 0.260. The van der Waals surface area contributed by atoms with Gasteiger partial charge in [-0.1, -0.05) is 24.6 Å². The SMILES string of the molecule is Cc1nc(S[C@H](C)C(=O)Nc2ccc(C(F)(F)F)cc2)n(C2CCCC2)c1C. The fourth-order valence-corrected chi connectivity index (χ4v) is 4.54. The molecular formula is C20H24F3N3OS. The van der Waals surface area contributed by atoms with Gasteiger partial charge in [-0.2, -0.15) is 13.2 Å². The number of nitrogens with zero attached hydrogens (tertiary/aromatic N) is 2. The maximum absolute atomic E-state index is 12.7. The predicted molar refractivity (Wildman–Crippen MR) is 105 cm³/mol. The summed E-state index contributed by atoms with van der Waals surface area (Å²) < 4.78 is 40.2. The molecule has 0 saturated heterocycles. The largest absolute Gasteiger partial charge is 0.416 e. The summed E-state index contributed by atoms with van der Waals surface area (Å²) in [5.41, 5.74) is 1.70. The monoisotopic (exact) mass is 411 g/mol. The van der Waals surface area contributed by atoms with Gasteiger partial charge in [-0.15, -0.1) is 0 Å². The Balaban J connectivity index is 1.69. The summed E-state index contributed by atoms with van der Waals surface area (Å²) >= 11 is 1.39. The molecule has 1 N–H and O–H groups in total. The number of thioether (sulfide) groups is 1. The van der Waals surface area contributed by atoms with Crippen LogP contribution in [0.3, 0.4) is 0 Å². The average molecular weight is 411 g/mol. The molecule has 1 atom stereocenters. The first-order valence-corrected chi connectivity index (χ1v) is 10.2. The van der Waals surface area contributed by atoms with Crippen LogP contribution in [0.15, 0.2) is 29.4 Å². The second kappa shape index (κ2) is 8.19. The van der Waals surface area contributed by atoms with Gasteiger partial charge in [0.1, 0.15) is 0 Å². The Labute approximate surface area is 166 Å². The zero-order valence-electron chi connectivity index (χ0n) is 16.1. The van der Waals surface area contributed by atoms with Crippen LogP contribution >= 0.6 is 11.8 Å². The Bertz CT molecular complexity index is 840. The fourth-order valence-electron chi connectivity index (χ4n) is 3.47. The van der Waals surface area contributed by atoms with Crippen LogP contribution in [0.4, 0.5) is 18.9 Å². The molecule has 152 valence electrons. The van der Waals surface area contributed by atoms with Crippen LogP contribution in [0, 0.1) is 13.8 Å². The van der Waals surface area contributed by atoms with Gasteiger partial charge in [-0.3, -0.25) is 4.79 Å². The summed E-state index contributed by atoms with van der Waals surface area (Å²) in [4.78, 5) is 17.2. The average Bonchev–Trinajstić information content (AvgIpc) is 3.23. The molecule has 28 heavy (non-hydrogen) atoms. The Morgan fingerprint density at radius 3 is 2.39 bits per heavy atom. The molecule has 4 nitrogen and oxygen atoms in total. The van der Waals surface area contributed by atoms with E-state index in [1.807, 2.05) is 6.92 Å². The number of hydrogen-bond donors (Lipinski definition) is 1. The number of anilines is 1. The highest BCUT2D eigenvalue weighted by Crippen LogP contribution is 2.36. The van der Waals surface area contributed by atoms with Crippen molar-refractivity contribution in [1.29, 1.82) is 0 Å². The van der Waals surface area contributed by atoms with E-state index in [1.165, 1.54) is 36.7 Å². The third-order valence-corrected chi connectivity index (χ3v) is 6.24. The Morgan fingerprint density at radius 2 is 1.82 bits per heavy atom. The standard InChI is InChI=1S/C20H24F3N3OS/c1-12-13(2)26(17-6-4-5-7-17)19(24-12)28-14(3)18(27)25-16-10-8-15(9-11-16)20(21,22)23/h8-11,14,17H,4-7H2,1-3H3,(H,25,27)/t14-/m1/s1. The smallest absolute Gasteiger partial charge is 0.325 e. The number of carbonyl (C=O) groups excluding carboxylic acids is 1. The van der Waals surface area contributed by atoms with Gasteiger partial charge in [0, 0.05) is 17.4 Å². The highest BCUT2D eigenvalue weighted by atomic mass is 32.2. The van der Waals surface area contributed by atoms with Gasteiger partial charge >= 0.3 is 6.18 Å². The zero-order valence-corrected chi connectivity index (χ0v) is 17.0. The first-order valence-electron chi connectivity index (χ1n) is 9.37. The third-order valence-electron chi connectivity index (χ3n) is 5.18. The lowest BCUT2D eigenvalue weighted by molar-refractivity contribution is -0.137. The minimum Gasteiger partial charge on any atom is -0.325 e. The minimum atomic E-state index is -4.39. The second-order valence-electron chi connectivity index (χ2n) is 7.20. The molecule has 1 aliphatic rings. The number of nitrogens with one attached hydrogen (secondary N) is 1. The van der Waals surface area contributed by atoms with Crippen molar-refractivity contribution < 1.29 is 18.0 Å². The van der Waals surface area contributed by atoms with E-state index in [2.05, 4.69) is 21.8 Å². The molecule has 0 unspecified atom stereocenters. The van der Waals surface area contributed by atoms with Crippen molar-refractivity contribution in [2.24, 2.45) is 0 Å². The van der Waals surface area contributed by atoms with Crippen LogP contribution < -0.4 is 5.32 Å². The lowest BCUT2D eigenvalue weighted by Gasteiger charge is -2.19. The van der Waals surface area contributed by atoms with Crippen LogP contribution in [0.1, 0.15) is 55.6 Å². The fraction of sp³-hybridized carbons (Fsp3) is 0.500. The molecule has 1 aromatic heterocycles. The van der Waals surface area contributed by atoms with Gasteiger partial charge in [0.25, 0.3) is 0 Å². The van der Waals surface area contributed by atoms with E-state index in [4.69, 9.17) is 0 Å². The van der Waals surface area contributed by atoms with Gasteiger partial charge in [0.15, 0.2) is 5.16 Å². The molecule has 0 aliphatic heterocycles. The van der Waals surface area contributed by atoms with Crippen LogP contribution in [0.25, 0.3) is 0 Å². The molecule has 8 heteroatoms. The van der Waals surface area contributed by atoms with E-state index in [0.29, 0.717) is 11.7 Å². The zero-order chi connectivity index (χ0) is 20.5. The van der Waals surface area contributed by atoms with Gasteiger partial charge < -0.3 is 9.88 Å². The number of aromatic nitrogens is 2. The third kappa shape index (κ3) is 4.54. The van der Waals surface area contributed by atoms with Gasteiger partial charge in [0.05, 0.1) is 16.5 Å². The molecule has 1 aromatic carbocycles. The highest BCUT2D eigenvalue weighted by Gasteiger charge is 2.30. The van der Waals surface area contributed by atoms with E-state index < -0.39 is 17.0 Å². The molecule has 0 spiro atoms. The molecular weight excluding hydrogens is 387 g/mol. The lowest BCUT2D eigenvalue weighted by atomic mass is 10.2. The summed E-state index contributed by atoms with van der Waals surface area (Å²) in [5.74, 6) is -0.263. The van der Waals surface area contributed by atoms with Gasteiger partial charge in [-0.25, -0.2) is 4.98 Å². The summed E-state index contributed by atoms with van der Waals surface area (Å²) in [5, 5.41) is 3.09. The van der Waals surface area contributed by atoms with Crippen LogP contribution in [0.2, 0.25) is 0 Å². The number of imidazole rings is 1. The quantitative estimate of drug-likeness (QED) is 0.637. The van der Waals surface area contributed by atoms with E-state index in [1.54, 1.807) is 6.92 Å². The molecule has 1 aliphatic carbocycles. The molecule has 0 radical (unpaired) electrons. The van der Waals surface area contributed by atoms with Crippen molar-refractivity contribution in [1.82, 2.24) is 9.55 Å². The number of carbonyl (C=O) groups is 1. The summed E-state index contributed by atoms with van der Waals surface area (Å²) in [7, 11) is 0. The van der Waals surface area contributed by atoms with E-state index in [0.717, 1.165) is 41.5 Å². The van der Waals surface area contributed by atoms with Crippen LogP contribution in [-0.2, 0) is 11.0 Å². The molecule has 1 amide bonds. The van der Waals surface area contributed by atoms with E-state index in [9.17, 15) is 18.0 Å². The minimum absolute atomic E-state index is 0.263. The number of hydrogen-bond acceptors (Lipinski definition) is 3. The number of alkyl halides is 3. The van der Waals surface area contributed by atoms with E-state index >= 15 is 0 Å². The second-order valence-corrected chi connectivity index (χ2v) is 8.51. The van der Waals surface area contributed by atoms with Crippen molar-refractivity contribution in [3.8, 4) is 0 Å². The van der Waals surface area contributed by atoms with Crippen LogP contribution in [0.5, 0.6) is 0 Å². The van der Waals surface area contributed by atoms with Crippen molar-refractivity contribution in [3.05, 3.63) is 41.2 Å². The Morgan fingerprint density at radius 1 is 1.21 bits per heavy atom. The Kier molecular flexibility index (Phi) is 6.07. The molecule has 3 rings (SSSR count). The van der Waals surface area contributed by atoms with Crippen molar-refractivity contribution in [3.63, 3.8) is 0 Å². The van der Waals surface area contributed by atoms with Crippen LogP contribution in [-0.4, -0.2) is 20.7 Å². The first kappa shape index (κ1) is 20.8. The molecule has 0 bridgehead atoms. The number of aryl methyl sites for hydroxylation is 1. The normalized spacial score (nSPS) is 16.4. The number of rotatable bonds is 5. The number of halogens is 3. The predicted octanol–water partition coefficient (Wildman–Crippen LogP) is 5.75. The molecule has 2 aromatic rings. The molecule has 1 saturated carbocycles.